The number of hydrogen-bond acceptors (Lipinski definition) is 5. The molecule has 0 saturated carbocycles. The van der Waals surface area contributed by atoms with E-state index in [9.17, 15) is 13.2 Å². The number of carbonyl (C=O) groups excluding carboxylic acids is 1. The number of rotatable bonds is 6. The second-order valence-corrected chi connectivity index (χ2v) is 9.26. The lowest BCUT2D eigenvalue weighted by Gasteiger charge is -2.31. The third-order valence-corrected chi connectivity index (χ3v) is 6.96. The molecule has 2 aromatic rings. The summed E-state index contributed by atoms with van der Waals surface area (Å²) in [6, 6.07) is 13.1. The Balaban J connectivity index is 1.62. The van der Waals surface area contributed by atoms with E-state index in [4.69, 9.17) is 16.3 Å². The van der Waals surface area contributed by atoms with Crippen molar-refractivity contribution in [2.24, 2.45) is 0 Å². The molecule has 3 rings (SSSR count). The molecule has 1 N–H and O–H groups in total. The zero-order valence-corrected chi connectivity index (χ0v) is 17.9. The lowest BCUT2D eigenvalue weighted by atomic mass is 10.3. The minimum absolute atomic E-state index is 0.209. The lowest BCUT2D eigenvalue weighted by molar-refractivity contribution is -0.122. The number of hydrogen-bond donors (Lipinski definition) is 1. The summed E-state index contributed by atoms with van der Waals surface area (Å²) in [5, 5.41) is 3.15. The van der Waals surface area contributed by atoms with Gasteiger partial charge in [-0.2, -0.15) is 4.31 Å². The van der Waals surface area contributed by atoms with Gasteiger partial charge in [0.15, 0.2) is 6.10 Å². The molecule has 29 heavy (non-hydrogen) atoms. The third-order valence-electron chi connectivity index (χ3n) is 4.73. The molecule has 0 aliphatic carbocycles. The Labute approximate surface area is 176 Å². The van der Waals surface area contributed by atoms with E-state index in [0.29, 0.717) is 42.6 Å². The summed E-state index contributed by atoms with van der Waals surface area (Å²) in [6.45, 7) is 3.96. The van der Waals surface area contributed by atoms with Crippen molar-refractivity contribution in [1.29, 1.82) is 0 Å². The lowest BCUT2D eigenvalue weighted by Crippen LogP contribution is -2.46. The molecule has 156 valence electrons. The summed E-state index contributed by atoms with van der Waals surface area (Å²) in [5.41, 5.74) is 0.488. The van der Waals surface area contributed by atoms with Gasteiger partial charge in [-0.05, 0) is 50.4 Å². The average molecular weight is 438 g/mol. The highest BCUT2D eigenvalue weighted by Crippen LogP contribution is 2.25. The van der Waals surface area contributed by atoms with Gasteiger partial charge in [0.25, 0.3) is 5.91 Å². The van der Waals surface area contributed by atoms with E-state index in [1.54, 1.807) is 43.3 Å². The van der Waals surface area contributed by atoms with E-state index in [1.807, 2.05) is 7.05 Å². The molecule has 1 heterocycles. The van der Waals surface area contributed by atoms with Gasteiger partial charge in [-0.25, -0.2) is 8.42 Å². The number of nitrogens with one attached hydrogen (secondary N) is 1. The number of benzene rings is 2. The third kappa shape index (κ3) is 5.27. The molecule has 0 spiro atoms. The summed E-state index contributed by atoms with van der Waals surface area (Å²) >= 11 is 6.05. The Kier molecular flexibility index (Phi) is 6.79. The molecule has 0 unspecified atom stereocenters. The van der Waals surface area contributed by atoms with Crippen molar-refractivity contribution in [3.63, 3.8) is 0 Å². The Bertz CT molecular complexity index is 958. The largest absolute Gasteiger partial charge is 0.479 e. The fourth-order valence-electron chi connectivity index (χ4n) is 2.92. The van der Waals surface area contributed by atoms with Crippen LogP contribution in [-0.2, 0) is 14.8 Å². The van der Waals surface area contributed by atoms with Crippen LogP contribution in [0.5, 0.6) is 5.75 Å². The zero-order valence-electron chi connectivity index (χ0n) is 16.3. The van der Waals surface area contributed by atoms with Gasteiger partial charge in [0, 0.05) is 31.9 Å². The molecule has 7 nitrogen and oxygen atoms in total. The number of piperazine rings is 1. The summed E-state index contributed by atoms with van der Waals surface area (Å²) in [7, 11) is -1.57. The molecule has 1 amide bonds. The van der Waals surface area contributed by atoms with Crippen LogP contribution in [0.25, 0.3) is 0 Å². The summed E-state index contributed by atoms with van der Waals surface area (Å²) in [6.07, 6.45) is -0.774. The van der Waals surface area contributed by atoms with Gasteiger partial charge in [-0.15, -0.1) is 0 Å². The van der Waals surface area contributed by atoms with Gasteiger partial charge >= 0.3 is 0 Å². The van der Waals surface area contributed by atoms with Crippen LogP contribution in [0.2, 0.25) is 5.02 Å². The van der Waals surface area contributed by atoms with Crippen LogP contribution in [0.1, 0.15) is 6.92 Å². The fourth-order valence-corrected chi connectivity index (χ4v) is 4.52. The minimum Gasteiger partial charge on any atom is -0.479 e. The first-order valence-corrected chi connectivity index (χ1v) is 11.1. The first kappa shape index (κ1) is 21.6. The minimum atomic E-state index is -3.54. The van der Waals surface area contributed by atoms with Crippen molar-refractivity contribution in [2.75, 3.05) is 38.5 Å². The predicted molar refractivity (Wildman–Crippen MR) is 113 cm³/mol. The Hall–Kier alpha value is -2.13. The number of amides is 1. The van der Waals surface area contributed by atoms with Crippen molar-refractivity contribution in [2.45, 2.75) is 17.9 Å². The summed E-state index contributed by atoms with van der Waals surface area (Å²) in [4.78, 5) is 14.7. The molecule has 9 heteroatoms. The molecular weight excluding hydrogens is 414 g/mol. The van der Waals surface area contributed by atoms with Gasteiger partial charge < -0.3 is 15.0 Å². The van der Waals surface area contributed by atoms with Crippen molar-refractivity contribution < 1.29 is 17.9 Å². The highest BCUT2D eigenvalue weighted by Gasteiger charge is 2.27. The van der Waals surface area contributed by atoms with E-state index in [0.717, 1.165) is 0 Å². The number of anilines is 1. The first-order valence-electron chi connectivity index (χ1n) is 9.28. The molecule has 1 aliphatic heterocycles. The van der Waals surface area contributed by atoms with Crippen molar-refractivity contribution in [1.82, 2.24) is 9.21 Å². The Morgan fingerprint density at radius 3 is 2.31 bits per heavy atom. The first-order chi connectivity index (χ1) is 13.8. The molecule has 0 radical (unpaired) electrons. The predicted octanol–water partition coefficient (Wildman–Crippen LogP) is 2.68. The number of para-hydroxylation sites is 1. The van der Waals surface area contributed by atoms with E-state index in [1.165, 1.54) is 16.4 Å². The van der Waals surface area contributed by atoms with Gasteiger partial charge in [0.1, 0.15) is 5.75 Å². The summed E-state index contributed by atoms with van der Waals surface area (Å²) < 4.78 is 32.6. The van der Waals surface area contributed by atoms with Crippen molar-refractivity contribution >= 4 is 33.2 Å². The number of nitrogens with zero attached hydrogens (tertiary/aromatic N) is 2. The number of likely N-dealkylation sites (N-methyl/N-ethyl adjacent to an activating group) is 1. The number of sulfonamides is 1. The van der Waals surface area contributed by atoms with Crippen LogP contribution in [-0.4, -0.2) is 62.9 Å². The van der Waals surface area contributed by atoms with E-state index < -0.39 is 16.1 Å². The number of ether oxygens (including phenoxy) is 1. The van der Waals surface area contributed by atoms with E-state index in [-0.39, 0.29) is 10.8 Å². The average Bonchev–Trinajstić information content (AvgIpc) is 2.70. The maximum absolute atomic E-state index is 12.8. The number of halogens is 1. The molecule has 1 aliphatic rings. The smallest absolute Gasteiger partial charge is 0.265 e. The second-order valence-electron chi connectivity index (χ2n) is 6.91. The molecule has 1 saturated heterocycles. The van der Waals surface area contributed by atoms with Gasteiger partial charge in [-0.3, -0.25) is 4.79 Å². The molecular formula is C20H24ClN3O4S. The van der Waals surface area contributed by atoms with Crippen LogP contribution in [0, 0.1) is 0 Å². The fraction of sp³-hybridized carbons (Fsp3) is 0.350. The standard InChI is InChI=1S/C20H24ClN3O4S/c1-15(28-19-6-4-3-5-18(19)21)20(25)22-16-7-9-17(10-8-16)29(26,27)24-13-11-23(2)12-14-24/h3-10,15H,11-14H2,1-2H3,(H,22,25)/t15-/m0/s1. The molecule has 1 fully saturated rings. The molecule has 2 aromatic carbocycles. The SMILES string of the molecule is C[C@H](Oc1ccccc1Cl)C(=O)Nc1ccc(S(=O)(=O)N2CCN(C)CC2)cc1. The quantitative estimate of drug-likeness (QED) is 0.751. The van der Waals surface area contributed by atoms with Crippen molar-refractivity contribution in [3.05, 3.63) is 53.6 Å². The Morgan fingerprint density at radius 2 is 1.69 bits per heavy atom. The Morgan fingerprint density at radius 1 is 1.07 bits per heavy atom. The second kappa shape index (κ2) is 9.13. The van der Waals surface area contributed by atoms with Gasteiger partial charge in [-0.1, -0.05) is 23.7 Å². The van der Waals surface area contributed by atoms with E-state index >= 15 is 0 Å². The molecule has 0 bridgehead atoms. The normalized spacial score (nSPS) is 16.9. The highest BCUT2D eigenvalue weighted by atomic mass is 35.5. The number of carbonyl (C=O) groups is 1. The topological polar surface area (TPSA) is 78.9 Å². The molecule has 1 atom stereocenters. The summed E-state index contributed by atoms with van der Waals surface area (Å²) in [5.74, 6) is 0.0602. The van der Waals surface area contributed by atoms with Crippen LogP contribution in [0.4, 0.5) is 5.69 Å². The van der Waals surface area contributed by atoms with Gasteiger partial charge in [0.05, 0.1) is 9.92 Å². The van der Waals surface area contributed by atoms with Crippen LogP contribution < -0.4 is 10.1 Å². The zero-order chi connectivity index (χ0) is 21.0. The molecule has 0 aromatic heterocycles. The highest BCUT2D eigenvalue weighted by molar-refractivity contribution is 7.89. The van der Waals surface area contributed by atoms with Crippen LogP contribution in [0.15, 0.2) is 53.4 Å². The maximum atomic E-state index is 12.8. The van der Waals surface area contributed by atoms with Gasteiger partial charge in [0.2, 0.25) is 10.0 Å². The van der Waals surface area contributed by atoms with Crippen LogP contribution >= 0.6 is 11.6 Å². The maximum Gasteiger partial charge on any atom is 0.265 e. The van der Waals surface area contributed by atoms with Crippen LogP contribution in [0.3, 0.4) is 0 Å². The van der Waals surface area contributed by atoms with Crippen molar-refractivity contribution in [3.8, 4) is 5.75 Å². The van der Waals surface area contributed by atoms with E-state index in [2.05, 4.69) is 10.2 Å². The monoisotopic (exact) mass is 437 g/mol.